The zero-order valence-corrected chi connectivity index (χ0v) is 19.7. The van der Waals surface area contributed by atoms with Crippen molar-refractivity contribution in [2.45, 2.75) is 32.7 Å². The first-order valence-corrected chi connectivity index (χ1v) is 12.2. The van der Waals surface area contributed by atoms with Crippen LogP contribution in [0.15, 0.2) is 24.5 Å². The molecule has 0 N–H and O–H groups in total. The van der Waals surface area contributed by atoms with Gasteiger partial charge in [0.05, 0.1) is 18.9 Å². The summed E-state index contributed by atoms with van der Waals surface area (Å²) in [5.74, 6) is 0.759. The zero-order chi connectivity index (χ0) is 22.2. The Labute approximate surface area is 188 Å². The van der Waals surface area contributed by atoms with Crippen molar-refractivity contribution in [1.82, 2.24) is 32.8 Å². The van der Waals surface area contributed by atoms with E-state index in [4.69, 9.17) is 17.0 Å². The summed E-state index contributed by atoms with van der Waals surface area (Å²) in [7, 11) is -1.60. The van der Waals surface area contributed by atoms with Gasteiger partial charge in [0, 0.05) is 64.3 Å². The molecule has 0 radical (unpaired) electrons. The molecule has 10 nitrogen and oxygen atoms in total. The number of piperazine rings is 1. The first-order chi connectivity index (χ1) is 14.8. The highest BCUT2D eigenvalue weighted by Gasteiger charge is 2.36. The van der Waals surface area contributed by atoms with Crippen LogP contribution < -0.4 is 0 Å². The third-order valence-electron chi connectivity index (χ3n) is 5.66. The molecule has 0 spiro atoms. The van der Waals surface area contributed by atoms with E-state index in [1.54, 1.807) is 25.7 Å². The van der Waals surface area contributed by atoms with Gasteiger partial charge in [-0.3, -0.25) is 9.88 Å². The van der Waals surface area contributed by atoms with Crippen molar-refractivity contribution in [3.63, 3.8) is 0 Å². The Morgan fingerprint density at radius 1 is 1.13 bits per heavy atom. The molecular weight excluding hydrogens is 438 g/mol. The molecule has 0 amide bonds. The molecule has 2 atom stereocenters. The SMILES string of the molecule is CC1CN(S(=O)(=O)N2CCN(Cn3nc(-c4cccnc4)n(C)c3=S)CC2)CC(C)O1. The molecule has 2 fully saturated rings. The lowest BCUT2D eigenvalue weighted by atomic mass is 10.3. The van der Waals surface area contributed by atoms with E-state index in [0.29, 0.717) is 50.7 Å². The predicted molar refractivity (Wildman–Crippen MR) is 119 cm³/mol. The van der Waals surface area contributed by atoms with Gasteiger partial charge in [-0.2, -0.15) is 22.1 Å². The van der Waals surface area contributed by atoms with E-state index in [9.17, 15) is 8.42 Å². The average Bonchev–Trinajstić information content (AvgIpc) is 3.02. The van der Waals surface area contributed by atoms with Crippen molar-refractivity contribution in [2.75, 3.05) is 39.3 Å². The summed E-state index contributed by atoms with van der Waals surface area (Å²) in [6, 6.07) is 3.82. The standard InChI is InChI=1S/C19H29N7O3S2/c1-15-12-25(13-16(2)29-15)31(27,28)24-9-7-23(8-10-24)14-26-19(30)22(3)18(21-26)17-5-4-6-20-11-17/h4-6,11,15-16H,7-10,12-14H2,1-3H3. The molecule has 0 saturated carbocycles. The van der Waals surface area contributed by atoms with Crippen LogP contribution in [0.5, 0.6) is 0 Å². The highest BCUT2D eigenvalue weighted by atomic mass is 32.2. The van der Waals surface area contributed by atoms with Gasteiger partial charge in [0.15, 0.2) is 10.6 Å². The van der Waals surface area contributed by atoms with Crippen molar-refractivity contribution >= 4 is 22.4 Å². The van der Waals surface area contributed by atoms with Crippen molar-refractivity contribution in [3.05, 3.63) is 29.3 Å². The summed E-state index contributed by atoms with van der Waals surface area (Å²) in [5, 5.41) is 4.67. The summed E-state index contributed by atoms with van der Waals surface area (Å²) >= 11 is 5.56. The van der Waals surface area contributed by atoms with Crippen molar-refractivity contribution in [2.24, 2.45) is 7.05 Å². The topological polar surface area (TPSA) is 88.7 Å². The highest BCUT2D eigenvalue weighted by Crippen LogP contribution is 2.20. The minimum atomic E-state index is -3.49. The minimum absolute atomic E-state index is 0.0974. The molecule has 2 aromatic heterocycles. The van der Waals surface area contributed by atoms with Crippen LogP contribution in [-0.2, 0) is 28.7 Å². The summed E-state index contributed by atoms with van der Waals surface area (Å²) in [6.45, 7) is 7.26. The largest absolute Gasteiger partial charge is 0.373 e. The van der Waals surface area contributed by atoms with E-state index < -0.39 is 10.2 Å². The predicted octanol–water partition coefficient (Wildman–Crippen LogP) is 0.942. The molecule has 0 aliphatic carbocycles. The summed E-state index contributed by atoms with van der Waals surface area (Å²) in [6.07, 6.45) is 3.29. The first kappa shape index (κ1) is 22.5. The van der Waals surface area contributed by atoms with Crippen molar-refractivity contribution in [1.29, 1.82) is 0 Å². The Kier molecular flexibility index (Phi) is 6.56. The number of aromatic nitrogens is 4. The van der Waals surface area contributed by atoms with Gasteiger partial charge < -0.3 is 9.30 Å². The van der Waals surface area contributed by atoms with E-state index in [0.717, 1.165) is 11.4 Å². The van der Waals surface area contributed by atoms with Crippen LogP contribution in [-0.4, -0.2) is 92.7 Å². The fourth-order valence-corrected chi connectivity index (χ4v) is 6.03. The van der Waals surface area contributed by atoms with Gasteiger partial charge in [-0.05, 0) is 38.2 Å². The quantitative estimate of drug-likeness (QED) is 0.605. The molecule has 2 aliphatic rings. The van der Waals surface area contributed by atoms with E-state index >= 15 is 0 Å². The summed E-state index contributed by atoms with van der Waals surface area (Å²) < 4.78 is 39.3. The second kappa shape index (κ2) is 9.04. The van der Waals surface area contributed by atoms with Crippen LogP contribution in [0.1, 0.15) is 13.8 Å². The molecule has 4 heterocycles. The third kappa shape index (κ3) is 4.73. The molecule has 0 aromatic carbocycles. The van der Waals surface area contributed by atoms with E-state index in [-0.39, 0.29) is 12.2 Å². The van der Waals surface area contributed by atoms with Crippen LogP contribution in [0.2, 0.25) is 0 Å². The van der Waals surface area contributed by atoms with Crippen LogP contribution >= 0.6 is 12.2 Å². The average molecular weight is 468 g/mol. The Balaban J connectivity index is 1.40. The first-order valence-electron chi connectivity index (χ1n) is 10.4. The molecule has 31 heavy (non-hydrogen) atoms. The Bertz CT molecular complexity index is 1050. The number of nitrogens with zero attached hydrogens (tertiary/aromatic N) is 7. The maximum Gasteiger partial charge on any atom is 0.282 e. The van der Waals surface area contributed by atoms with Crippen molar-refractivity contribution in [3.8, 4) is 11.4 Å². The molecule has 170 valence electrons. The van der Waals surface area contributed by atoms with Crippen LogP contribution in [0.3, 0.4) is 0 Å². The number of rotatable bonds is 5. The van der Waals surface area contributed by atoms with Crippen LogP contribution in [0.25, 0.3) is 11.4 Å². The number of ether oxygens (including phenoxy) is 1. The van der Waals surface area contributed by atoms with Gasteiger partial charge in [0.2, 0.25) is 0 Å². The van der Waals surface area contributed by atoms with Crippen LogP contribution in [0, 0.1) is 4.77 Å². The number of pyridine rings is 1. The molecule has 2 aliphatic heterocycles. The van der Waals surface area contributed by atoms with Crippen molar-refractivity contribution < 1.29 is 13.2 Å². The molecule has 2 unspecified atom stereocenters. The van der Waals surface area contributed by atoms with Gasteiger partial charge in [-0.25, -0.2) is 4.68 Å². The number of hydrogen-bond donors (Lipinski definition) is 0. The molecule has 4 rings (SSSR count). The van der Waals surface area contributed by atoms with Gasteiger partial charge in [0.25, 0.3) is 10.2 Å². The molecule has 0 bridgehead atoms. The number of hydrogen-bond acceptors (Lipinski definition) is 7. The maximum atomic E-state index is 13.1. The smallest absolute Gasteiger partial charge is 0.282 e. The lowest BCUT2D eigenvalue weighted by molar-refractivity contribution is -0.0458. The van der Waals surface area contributed by atoms with Gasteiger partial charge in [-0.1, -0.05) is 0 Å². The zero-order valence-electron chi connectivity index (χ0n) is 18.1. The lowest BCUT2D eigenvalue weighted by Gasteiger charge is -2.40. The van der Waals surface area contributed by atoms with Crippen LogP contribution in [0.4, 0.5) is 0 Å². The summed E-state index contributed by atoms with van der Waals surface area (Å²) in [5.41, 5.74) is 0.903. The molecule has 12 heteroatoms. The second-order valence-corrected chi connectivity index (χ2v) is 10.4. The fourth-order valence-electron chi connectivity index (χ4n) is 4.10. The second-order valence-electron chi connectivity index (χ2n) is 8.15. The molecular formula is C19H29N7O3S2. The minimum Gasteiger partial charge on any atom is -0.373 e. The van der Waals surface area contributed by atoms with Gasteiger partial charge in [-0.15, -0.1) is 0 Å². The van der Waals surface area contributed by atoms with Gasteiger partial charge >= 0.3 is 0 Å². The Hall–Kier alpha value is -1.70. The molecule has 2 aromatic rings. The fraction of sp³-hybridized carbons (Fsp3) is 0.632. The molecule has 2 saturated heterocycles. The van der Waals surface area contributed by atoms with E-state index in [1.165, 1.54) is 0 Å². The normalized spacial score (nSPS) is 24.5. The van der Waals surface area contributed by atoms with E-state index in [1.807, 2.05) is 37.6 Å². The Morgan fingerprint density at radius 3 is 2.42 bits per heavy atom. The van der Waals surface area contributed by atoms with E-state index in [2.05, 4.69) is 15.0 Å². The summed E-state index contributed by atoms with van der Waals surface area (Å²) in [4.78, 5) is 6.33. The monoisotopic (exact) mass is 467 g/mol. The lowest BCUT2D eigenvalue weighted by Crippen LogP contribution is -2.57. The third-order valence-corrected chi connectivity index (χ3v) is 8.12. The highest BCUT2D eigenvalue weighted by molar-refractivity contribution is 7.86. The maximum absolute atomic E-state index is 13.1. The van der Waals surface area contributed by atoms with Gasteiger partial charge in [0.1, 0.15) is 0 Å². The number of morpholine rings is 1. The Morgan fingerprint density at radius 2 is 1.81 bits per heavy atom.